The monoisotopic (exact) mass is 375 g/mol. The predicted molar refractivity (Wildman–Crippen MR) is 107 cm³/mol. The topological polar surface area (TPSA) is 59.2 Å². The van der Waals surface area contributed by atoms with E-state index in [1.54, 1.807) is 12.3 Å². The van der Waals surface area contributed by atoms with Gasteiger partial charge in [-0.2, -0.15) is 0 Å². The first-order valence-corrected chi connectivity index (χ1v) is 9.99. The number of benzene rings is 1. The lowest BCUT2D eigenvalue weighted by atomic mass is 9.86. The molecule has 0 saturated carbocycles. The van der Waals surface area contributed by atoms with Crippen molar-refractivity contribution in [2.24, 2.45) is 0 Å². The Morgan fingerprint density at radius 3 is 2.96 bits per heavy atom. The smallest absolute Gasteiger partial charge is 0.276 e. The van der Waals surface area contributed by atoms with E-state index in [1.165, 1.54) is 11.1 Å². The second-order valence-electron chi connectivity index (χ2n) is 7.33. The number of rotatable bonds is 6. The highest BCUT2D eigenvalue weighted by molar-refractivity contribution is 5.92. The van der Waals surface area contributed by atoms with Gasteiger partial charge in [-0.3, -0.25) is 9.78 Å². The number of carbonyl (C=O) groups is 1. The van der Waals surface area contributed by atoms with E-state index >= 15 is 0 Å². The highest BCUT2D eigenvalue weighted by atomic mass is 16.5. The Balaban J connectivity index is 1.69. The van der Waals surface area contributed by atoms with Crippen molar-refractivity contribution in [1.82, 2.24) is 15.0 Å². The summed E-state index contributed by atoms with van der Waals surface area (Å²) >= 11 is 0. The summed E-state index contributed by atoms with van der Waals surface area (Å²) in [5, 5.41) is 4.07. The Morgan fingerprint density at radius 2 is 2.14 bits per heavy atom. The summed E-state index contributed by atoms with van der Waals surface area (Å²) in [6, 6.07) is 14.2. The van der Waals surface area contributed by atoms with Crippen LogP contribution in [-0.2, 0) is 19.4 Å². The average molecular weight is 375 g/mol. The minimum atomic E-state index is -0.0864. The SMILES string of the molecule is CCCc1cc(C(=O)N(Cc2cccnc2)C2CCCc3ccccc32)no1. The Labute approximate surface area is 165 Å². The molecule has 3 aromatic rings. The summed E-state index contributed by atoms with van der Waals surface area (Å²) in [7, 11) is 0. The summed E-state index contributed by atoms with van der Waals surface area (Å²) in [5.41, 5.74) is 3.96. The van der Waals surface area contributed by atoms with Gasteiger partial charge in [0.2, 0.25) is 0 Å². The number of carbonyl (C=O) groups excluding carboxylic acids is 1. The zero-order chi connectivity index (χ0) is 19.3. The van der Waals surface area contributed by atoms with Gasteiger partial charge in [0.25, 0.3) is 5.91 Å². The molecule has 28 heavy (non-hydrogen) atoms. The number of pyridine rings is 1. The van der Waals surface area contributed by atoms with Crippen molar-refractivity contribution in [2.45, 2.75) is 51.6 Å². The minimum absolute atomic E-state index is 0.0315. The van der Waals surface area contributed by atoms with Crippen LogP contribution < -0.4 is 0 Å². The molecule has 0 saturated heterocycles. The molecule has 1 aliphatic carbocycles. The van der Waals surface area contributed by atoms with Gasteiger partial charge in [-0.25, -0.2) is 0 Å². The molecule has 2 aromatic heterocycles. The molecule has 0 radical (unpaired) electrons. The lowest BCUT2D eigenvalue weighted by Gasteiger charge is -2.35. The number of aromatic nitrogens is 2. The largest absolute Gasteiger partial charge is 0.361 e. The van der Waals surface area contributed by atoms with Crippen molar-refractivity contribution >= 4 is 5.91 Å². The lowest BCUT2D eigenvalue weighted by Crippen LogP contribution is -2.36. The number of amides is 1. The van der Waals surface area contributed by atoms with Crippen LogP contribution in [0.3, 0.4) is 0 Å². The molecule has 0 N–H and O–H groups in total. The summed E-state index contributed by atoms with van der Waals surface area (Å²) < 4.78 is 5.37. The Bertz CT molecular complexity index is 936. The Kier molecular flexibility index (Phi) is 5.51. The molecule has 2 heterocycles. The van der Waals surface area contributed by atoms with Crippen LogP contribution in [0.2, 0.25) is 0 Å². The van der Waals surface area contributed by atoms with Crippen molar-refractivity contribution in [3.8, 4) is 0 Å². The summed E-state index contributed by atoms with van der Waals surface area (Å²) in [6.07, 6.45) is 8.39. The molecule has 5 heteroatoms. The zero-order valence-corrected chi connectivity index (χ0v) is 16.2. The van der Waals surface area contributed by atoms with Gasteiger partial charge in [0.1, 0.15) is 5.76 Å². The minimum Gasteiger partial charge on any atom is -0.361 e. The average Bonchev–Trinajstić information content (AvgIpc) is 3.21. The molecule has 1 aliphatic rings. The highest BCUT2D eigenvalue weighted by Crippen LogP contribution is 2.36. The second kappa shape index (κ2) is 8.38. The molecule has 4 rings (SSSR count). The van der Waals surface area contributed by atoms with Gasteiger partial charge in [0.05, 0.1) is 6.04 Å². The first-order valence-electron chi connectivity index (χ1n) is 9.99. The maximum Gasteiger partial charge on any atom is 0.276 e. The molecule has 1 atom stereocenters. The third-order valence-electron chi connectivity index (χ3n) is 5.33. The highest BCUT2D eigenvalue weighted by Gasteiger charge is 2.31. The maximum atomic E-state index is 13.5. The van der Waals surface area contributed by atoms with Gasteiger partial charge in [-0.05, 0) is 48.4 Å². The fourth-order valence-corrected chi connectivity index (χ4v) is 3.99. The van der Waals surface area contributed by atoms with E-state index < -0.39 is 0 Å². The van der Waals surface area contributed by atoms with Crippen molar-refractivity contribution in [3.05, 3.63) is 83.0 Å². The van der Waals surface area contributed by atoms with Gasteiger partial charge in [-0.15, -0.1) is 0 Å². The van der Waals surface area contributed by atoms with Crippen molar-refractivity contribution in [2.75, 3.05) is 0 Å². The molecule has 144 valence electrons. The fraction of sp³-hybridized carbons (Fsp3) is 0.348. The molecule has 0 spiro atoms. The van der Waals surface area contributed by atoms with Gasteiger partial charge in [0.15, 0.2) is 5.69 Å². The number of aryl methyl sites for hydroxylation is 2. The molecule has 1 unspecified atom stereocenters. The maximum absolute atomic E-state index is 13.5. The van der Waals surface area contributed by atoms with E-state index in [9.17, 15) is 4.79 Å². The molecule has 0 fully saturated rings. The predicted octanol–water partition coefficient (Wildman–Crippen LogP) is 4.74. The third kappa shape index (κ3) is 3.84. The van der Waals surface area contributed by atoms with Crippen LogP contribution in [0.1, 0.15) is 65.2 Å². The van der Waals surface area contributed by atoms with E-state index in [2.05, 4.69) is 41.3 Å². The quantitative estimate of drug-likeness (QED) is 0.624. The number of fused-ring (bicyclic) bond motifs is 1. The summed E-state index contributed by atoms with van der Waals surface area (Å²) in [5.74, 6) is 0.674. The van der Waals surface area contributed by atoms with Gasteiger partial charge < -0.3 is 9.42 Å². The molecule has 0 aliphatic heterocycles. The van der Waals surface area contributed by atoms with Crippen molar-refractivity contribution in [1.29, 1.82) is 0 Å². The van der Waals surface area contributed by atoms with Crippen molar-refractivity contribution < 1.29 is 9.32 Å². The normalized spacial score (nSPS) is 15.8. The van der Waals surface area contributed by atoms with E-state index in [0.717, 1.165) is 43.4 Å². The van der Waals surface area contributed by atoms with Crippen LogP contribution in [0.15, 0.2) is 59.4 Å². The second-order valence-corrected chi connectivity index (χ2v) is 7.33. The fourth-order valence-electron chi connectivity index (χ4n) is 3.99. The van der Waals surface area contributed by atoms with Crippen LogP contribution >= 0.6 is 0 Å². The standard InChI is InChI=1S/C23H25N3O2/c1-2-7-19-14-21(25-28-19)23(27)26(16-17-8-6-13-24-15-17)22-12-5-10-18-9-3-4-11-20(18)22/h3-4,6,8-9,11,13-15,22H,2,5,7,10,12,16H2,1H3. The van der Waals surface area contributed by atoms with E-state index in [1.807, 2.05) is 23.2 Å². The molecule has 1 amide bonds. The number of hydrogen-bond donors (Lipinski definition) is 0. The van der Waals surface area contributed by atoms with E-state index in [-0.39, 0.29) is 11.9 Å². The summed E-state index contributed by atoms with van der Waals surface area (Å²) in [4.78, 5) is 19.6. The zero-order valence-electron chi connectivity index (χ0n) is 16.2. The third-order valence-corrected chi connectivity index (χ3v) is 5.33. The van der Waals surface area contributed by atoms with Crippen LogP contribution in [0.5, 0.6) is 0 Å². The lowest BCUT2D eigenvalue weighted by molar-refractivity contribution is 0.0627. The molecule has 0 bridgehead atoms. The first-order chi connectivity index (χ1) is 13.8. The Hall–Kier alpha value is -2.95. The van der Waals surface area contributed by atoms with Crippen LogP contribution in [0, 0.1) is 0 Å². The van der Waals surface area contributed by atoms with Gasteiger partial charge in [-0.1, -0.05) is 42.4 Å². The molecule has 1 aromatic carbocycles. The Morgan fingerprint density at radius 1 is 1.25 bits per heavy atom. The van der Waals surface area contributed by atoms with Crippen LogP contribution in [0.4, 0.5) is 0 Å². The van der Waals surface area contributed by atoms with Crippen LogP contribution in [0.25, 0.3) is 0 Å². The van der Waals surface area contributed by atoms with Crippen LogP contribution in [-0.4, -0.2) is 20.9 Å². The number of hydrogen-bond acceptors (Lipinski definition) is 4. The van der Waals surface area contributed by atoms with Crippen molar-refractivity contribution in [3.63, 3.8) is 0 Å². The number of nitrogens with zero attached hydrogens (tertiary/aromatic N) is 3. The molecule has 5 nitrogen and oxygen atoms in total. The molecular weight excluding hydrogens is 350 g/mol. The van der Waals surface area contributed by atoms with E-state index in [4.69, 9.17) is 4.52 Å². The molecular formula is C23H25N3O2. The first kappa shape index (κ1) is 18.4. The summed E-state index contributed by atoms with van der Waals surface area (Å²) in [6.45, 7) is 2.58. The van der Waals surface area contributed by atoms with E-state index in [0.29, 0.717) is 12.2 Å². The van der Waals surface area contributed by atoms with Gasteiger partial charge >= 0.3 is 0 Å². The van der Waals surface area contributed by atoms with Gasteiger partial charge in [0, 0.05) is 31.4 Å².